The van der Waals surface area contributed by atoms with Crippen molar-refractivity contribution in [3.8, 4) is 0 Å². The van der Waals surface area contributed by atoms with Gasteiger partial charge in [-0.25, -0.2) is 4.79 Å². The number of hydrogen-bond donors (Lipinski definition) is 1. The van der Waals surface area contributed by atoms with Crippen LogP contribution in [-0.2, 0) is 75.8 Å². The standard InChI is InChI=1S/C24H29NO4.C19H21NO2/c1-24(2,3)29-23(27)25-13-7-10-20-12-11-19(14-21(20)16-25)15-22(26)28-17-18-8-5-4-6-9-18;21-19(22-14-15-5-2-1-3-6-15)12-16-8-9-17-7-4-10-20-13-18(17)11-16/h4-6,8-9,11-12,14H,7,10,13,15-17H2,1-3H3;1-3,5-6,8-9,11,20H,4,7,10,12-14H2. The zero-order chi connectivity index (χ0) is 36.1. The number of fused-ring (bicyclic) bond motifs is 2. The van der Waals surface area contributed by atoms with E-state index in [2.05, 4.69) is 23.5 Å². The first-order valence-corrected chi connectivity index (χ1v) is 17.9. The van der Waals surface area contributed by atoms with Gasteiger partial charge >= 0.3 is 18.0 Å². The van der Waals surface area contributed by atoms with E-state index in [0.29, 0.717) is 26.1 Å². The fraction of sp³-hybridized carbons (Fsp3) is 0.372. The molecule has 0 radical (unpaired) electrons. The van der Waals surface area contributed by atoms with Crippen molar-refractivity contribution in [3.63, 3.8) is 0 Å². The van der Waals surface area contributed by atoms with E-state index < -0.39 is 5.60 Å². The lowest BCUT2D eigenvalue weighted by atomic mass is 10.00. The normalized spacial score (nSPS) is 14.0. The van der Waals surface area contributed by atoms with Crippen LogP contribution in [-0.4, -0.2) is 41.6 Å². The van der Waals surface area contributed by atoms with Gasteiger partial charge in [-0.15, -0.1) is 0 Å². The minimum atomic E-state index is -0.517. The number of ether oxygens (including phenoxy) is 3. The van der Waals surface area contributed by atoms with Crippen LogP contribution in [0.1, 0.15) is 78.1 Å². The number of benzene rings is 4. The number of hydrogen-bond acceptors (Lipinski definition) is 7. The Morgan fingerprint density at radius 1 is 0.647 bits per heavy atom. The van der Waals surface area contributed by atoms with Crippen LogP contribution in [0.15, 0.2) is 97.1 Å². The van der Waals surface area contributed by atoms with Gasteiger partial charge in [0.1, 0.15) is 18.8 Å². The van der Waals surface area contributed by atoms with Crippen LogP contribution in [0.25, 0.3) is 0 Å². The molecule has 8 nitrogen and oxygen atoms in total. The SMILES string of the molecule is CC(C)(C)OC(=O)N1CCCc2ccc(CC(=O)OCc3ccccc3)cc2C1.O=C(Cc1ccc2c(c1)CNCCC2)OCc1ccccc1. The lowest BCUT2D eigenvalue weighted by Crippen LogP contribution is -2.36. The van der Waals surface area contributed by atoms with E-state index in [-0.39, 0.29) is 31.1 Å². The quantitative estimate of drug-likeness (QED) is 0.150. The maximum Gasteiger partial charge on any atom is 0.410 e. The van der Waals surface area contributed by atoms with Gasteiger partial charge < -0.3 is 24.4 Å². The molecule has 0 bridgehead atoms. The van der Waals surface area contributed by atoms with Gasteiger partial charge in [-0.2, -0.15) is 0 Å². The van der Waals surface area contributed by atoms with E-state index in [4.69, 9.17) is 14.2 Å². The summed E-state index contributed by atoms with van der Waals surface area (Å²) in [6.07, 6.45) is 4.34. The van der Waals surface area contributed by atoms with Crippen LogP contribution in [0, 0.1) is 0 Å². The van der Waals surface area contributed by atoms with Gasteiger partial charge in [0.25, 0.3) is 0 Å². The van der Waals surface area contributed by atoms with Crippen LogP contribution in [0.3, 0.4) is 0 Å². The summed E-state index contributed by atoms with van der Waals surface area (Å²) in [6.45, 7) is 9.34. The average Bonchev–Trinajstić information content (AvgIpc) is 3.49. The van der Waals surface area contributed by atoms with Crippen LogP contribution in [0.2, 0.25) is 0 Å². The molecule has 0 aromatic heterocycles. The molecule has 6 rings (SSSR count). The van der Waals surface area contributed by atoms with E-state index in [9.17, 15) is 14.4 Å². The number of carbonyl (C=O) groups excluding carboxylic acids is 3. The summed E-state index contributed by atoms with van der Waals surface area (Å²) in [5, 5.41) is 3.41. The summed E-state index contributed by atoms with van der Waals surface area (Å²) in [7, 11) is 0. The molecule has 2 aliphatic heterocycles. The van der Waals surface area contributed by atoms with Crippen LogP contribution >= 0.6 is 0 Å². The Morgan fingerprint density at radius 2 is 1.18 bits per heavy atom. The Bertz CT molecular complexity index is 1750. The van der Waals surface area contributed by atoms with Gasteiger partial charge in [0, 0.05) is 19.6 Å². The second-order valence-corrected chi connectivity index (χ2v) is 14.1. The second-order valence-electron chi connectivity index (χ2n) is 14.1. The van der Waals surface area contributed by atoms with E-state index in [0.717, 1.165) is 60.2 Å². The Morgan fingerprint density at radius 3 is 1.75 bits per heavy atom. The Balaban J connectivity index is 0.000000205. The largest absolute Gasteiger partial charge is 0.461 e. The highest BCUT2D eigenvalue weighted by molar-refractivity contribution is 5.73. The first kappa shape index (κ1) is 37.3. The lowest BCUT2D eigenvalue weighted by molar-refractivity contribution is -0.145. The molecule has 0 fully saturated rings. The Labute approximate surface area is 302 Å². The van der Waals surface area contributed by atoms with Crippen LogP contribution in [0.4, 0.5) is 4.79 Å². The first-order chi connectivity index (χ1) is 24.6. The maximum absolute atomic E-state index is 12.5. The molecule has 2 heterocycles. The summed E-state index contributed by atoms with van der Waals surface area (Å²) in [5.74, 6) is -0.434. The highest BCUT2D eigenvalue weighted by Crippen LogP contribution is 2.23. The van der Waals surface area contributed by atoms with E-state index in [1.807, 2.05) is 99.6 Å². The molecule has 4 aromatic rings. The molecular formula is C43H50N2O6. The number of aryl methyl sites for hydroxylation is 2. The van der Waals surface area contributed by atoms with Crippen molar-refractivity contribution < 1.29 is 28.6 Å². The van der Waals surface area contributed by atoms with Crippen molar-refractivity contribution in [2.75, 3.05) is 13.1 Å². The number of carbonyl (C=O) groups is 3. The third-order valence-electron chi connectivity index (χ3n) is 8.73. The summed E-state index contributed by atoms with van der Waals surface area (Å²) in [5.41, 5.74) is 8.39. The van der Waals surface area contributed by atoms with Crippen molar-refractivity contribution in [1.82, 2.24) is 10.2 Å². The molecule has 0 atom stereocenters. The summed E-state index contributed by atoms with van der Waals surface area (Å²) < 4.78 is 16.3. The minimum Gasteiger partial charge on any atom is -0.461 e. The molecule has 0 saturated heterocycles. The third kappa shape index (κ3) is 12.4. The highest BCUT2D eigenvalue weighted by atomic mass is 16.6. The Hall–Kier alpha value is -4.95. The Kier molecular flexibility index (Phi) is 13.4. The summed E-state index contributed by atoms with van der Waals surface area (Å²) in [6, 6.07) is 31.8. The van der Waals surface area contributed by atoms with Gasteiger partial charge in [0.15, 0.2) is 0 Å². The third-order valence-corrected chi connectivity index (χ3v) is 8.73. The molecule has 0 unspecified atom stereocenters. The number of esters is 2. The van der Waals surface area contributed by atoms with Crippen molar-refractivity contribution in [2.45, 2.75) is 91.2 Å². The molecule has 8 heteroatoms. The number of rotatable bonds is 8. The molecule has 4 aromatic carbocycles. The number of nitrogens with one attached hydrogen (secondary N) is 1. The molecule has 0 aliphatic carbocycles. The van der Waals surface area contributed by atoms with Crippen molar-refractivity contribution in [3.05, 3.63) is 142 Å². The van der Waals surface area contributed by atoms with Crippen LogP contribution < -0.4 is 5.32 Å². The zero-order valence-electron chi connectivity index (χ0n) is 30.1. The molecule has 51 heavy (non-hydrogen) atoms. The van der Waals surface area contributed by atoms with Gasteiger partial charge in [-0.05, 0) is 97.5 Å². The smallest absolute Gasteiger partial charge is 0.410 e. The van der Waals surface area contributed by atoms with E-state index >= 15 is 0 Å². The van der Waals surface area contributed by atoms with Gasteiger partial charge in [0.2, 0.25) is 0 Å². The summed E-state index contributed by atoms with van der Waals surface area (Å²) >= 11 is 0. The average molecular weight is 691 g/mol. The molecule has 1 N–H and O–H groups in total. The van der Waals surface area contributed by atoms with Crippen molar-refractivity contribution in [2.24, 2.45) is 0 Å². The second kappa shape index (κ2) is 18.3. The predicted molar refractivity (Wildman–Crippen MR) is 198 cm³/mol. The fourth-order valence-corrected chi connectivity index (χ4v) is 6.14. The lowest BCUT2D eigenvalue weighted by Gasteiger charge is -2.26. The molecule has 0 spiro atoms. The maximum atomic E-state index is 12.5. The highest BCUT2D eigenvalue weighted by Gasteiger charge is 2.25. The first-order valence-electron chi connectivity index (χ1n) is 17.9. The molecule has 0 saturated carbocycles. The number of amides is 1. The van der Waals surface area contributed by atoms with Gasteiger partial charge in [-0.1, -0.05) is 97.1 Å². The molecule has 1 amide bonds. The minimum absolute atomic E-state index is 0.176. The van der Waals surface area contributed by atoms with E-state index in [1.54, 1.807) is 4.90 Å². The molecular weight excluding hydrogens is 640 g/mol. The zero-order valence-corrected chi connectivity index (χ0v) is 30.1. The van der Waals surface area contributed by atoms with Gasteiger partial charge in [0.05, 0.1) is 12.8 Å². The topological polar surface area (TPSA) is 94.2 Å². The van der Waals surface area contributed by atoms with Crippen molar-refractivity contribution >= 4 is 18.0 Å². The van der Waals surface area contributed by atoms with Gasteiger partial charge in [-0.3, -0.25) is 9.59 Å². The van der Waals surface area contributed by atoms with Crippen molar-refractivity contribution in [1.29, 1.82) is 0 Å². The monoisotopic (exact) mass is 690 g/mol. The molecule has 268 valence electrons. The van der Waals surface area contributed by atoms with E-state index in [1.165, 1.54) is 23.1 Å². The fourth-order valence-electron chi connectivity index (χ4n) is 6.14. The summed E-state index contributed by atoms with van der Waals surface area (Å²) in [4.78, 5) is 38.5. The molecule has 2 aliphatic rings. The number of nitrogens with zero attached hydrogens (tertiary/aromatic N) is 1. The predicted octanol–water partition coefficient (Wildman–Crippen LogP) is 7.66. The van der Waals surface area contributed by atoms with Crippen LogP contribution in [0.5, 0.6) is 0 Å².